The first-order chi connectivity index (χ1) is 12.2. The third-order valence-electron chi connectivity index (χ3n) is 4.02. The molecule has 1 aromatic carbocycles. The molecule has 9 nitrogen and oxygen atoms in total. The van der Waals surface area contributed by atoms with Crippen molar-refractivity contribution in [2.75, 3.05) is 18.4 Å². The number of benzene rings is 1. The van der Waals surface area contributed by atoms with E-state index < -0.39 is 16.0 Å². The van der Waals surface area contributed by atoms with Gasteiger partial charge in [-0.05, 0) is 37.1 Å². The Bertz CT molecular complexity index is 863. The van der Waals surface area contributed by atoms with Crippen LogP contribution in [0.5, 0.6) is 0 Å². The van der Waals surface area contributed by atoms with Crippen LogP contribution >= 0.6 is 0 Å². The van der Waals surface area contributed by atoms with Crippen molar-refractivity contribution in [1.82, 2.24) is 4.90 Å². The largest absolute Gasteiger partial charge is 0.376 e. The number of hydrogen-bond donors (Lipinski definition) is 3. The average Bonchev–Trinajstić information content (AvgIpc) is 2.59. The van der Waals surface area contributed by atoms with Gasteiger partial charge in [-0.1, -0.05) is 0 Å². The maximum Gasteiger partial charge on any atom is 0.294 e. The fraction of sp³-hybridized carbons (Fsp3) is 0.312. The summed E-state index contributed by atoms with van der Waals surface area (Å²) in [5.74, 6) is -1.19. The van der Waals surface area contributed by atoms with Gasteiger partial charge in [0, 0.05) is 30.9 Å². The minimum absolute atomic E-state index is 0.124. The number of anilines is 1. The number of hydrogen-bond acceptors (Lipinski definition) is 6. The van der Waals surface area contributed by atoms with Gasteiger partial charge in [-0.15, -0.1) is 0 Å². The van der Waals surface area contributed by atoms with Crippen molar-refractivity contribution in [3.63, 3.8) is 0 Å². The number of likely N-dealkylation sites (tertiary alicyclic amines) is 1. The molecule has 138 valence electrons. The number of rotatable bonds is 5. The number of piperidine rings is 1. The summed E-state index contributed by atoms with van der Waals surface area (Å²) in [7, 11) is -4.31. The van der Waals surface area contributed by atoms with Crippen molar-refractivity contribution in [3.8, 4) is 6.07 Å². The van der Waals surface area contributed by atoms with E-state index in [9.17, 15) is 23.3 Å². The summed E-state index contributed by atoms with van der Waals surface area (Å²) < 4.78 is 30.9. The van der Waals surface area contributed by atoms with Crippen molar-refractivity contribution >= 4 is 27.6 Å². The van der Waals surface area contributed by atoms with Gasteiger partial charge >= 0.3 is 0 Å². The molecule has 0 atom stereocenters. The topological polar surface area (TPSA) is 154 Å². The molecule has 4 N–H and O–H groups in total. The lowest BCUT2D eigenvalue weighted by Crippen LogP contribution is -2.36. The first kappa shape index (κ1) is 19.4. The van der Waals surface area contributed by atoms with Crippen molar-refractivity contribution in [2.45, 2.75) is 17.7 Å². The summed E-state index contributed by atoms with van der Waals surface area (Å²) >= 11 is 0. The predicted octanol–water partition coefficient (Wildman–Crippen LogP) is 0.477. The number of carbonyl (C=O) groups is 2. The van der Waals surface area contributed by atoms with Gasteiger partial charge in [0.1, 0.15) is 11.6 Å². The van der Waals surface area contributed by atoms with Crippen LogP contribution in [0.4, 0.5) is 5.69 Å². The third-order valence-corrected chi connectivity index (χ3v) is 4.89. The maximum absolute atomic E-state index is 12.2. The quantitative estimate of drug-likeness (QED) is 0.382. The van der Waals surface area contributed by atoms with Crippen molar-refractivity contribution in [2.24, 2.45) is 11.7 Å². The molecule has 2 rings (SSSR count). The van der Waals surface area contributed by atoms with Gasteiger partial charge in [-0.3, -0.25) is 14.1 Å². The molecule has 0 radical (unpaired) electrons. The molecule has 0 aromatic heterocycles. The van der Waals surface area contributed by atoms with E-state index in [1.54, 1.807) is 4.90 Å². The van der Waals surface area contributed by atoms with E-state index in [1.165, 1.54) is 18.3 Å². The van der Waals surface area contributed by atoms with Crippen molar-refractivity contribution < 1.29 is 22.6 Å². The van der Waals surface area contributed by atoms with Gasteiger partial charge in [0.2, 0.25) is 5.91 Å². The van der Waals surface area contributed by atoms with E-state index >= 15 is 0 Å². The molecule has 2 amide bonds. The van der Waals surface area contributed by atoms with Gasteiger partial charge in [0.15, 0.2) is 0 Å². The van der Waals surface area contributed by atoms with Crippen LogP contribution in [0.3, 0.4) is 0 Å². The van der Waals surface area contributed by atoms with Gasteiger partial charge in [0.05, 0.1) is 4.90 Å². The molecule has 10 heteroatoms. The average molecular weight is 378 g/mol. The number of primary amides is 1. The zero-order valence-corrected chi connectivity index (χ0v) is 14.6. The van der Waals surface area contributed by atoms with E-state index in [2.05, 4.69) is 5.32 Å². The van der Waals surface area contributed by atoms with Crippen molar-refractivity contribution in [3.05, 3.63) is 36.0 Å². The summed E-state index contributed by atoms with van der Waals surface area (Å²) in [4.78, 5) is 24.8. The van der Waals surface area contributed by atoms with Gasteiger partial charge < -0.3 is 16.0 Å². The second-order valence-electron chi connectivity index (χ2n) is 5.82. The summed E-state index contributed by atoms with van der Waals surface area (Å²) in [6.07, 6.45) is 2.55. The Hall–Kier alpha value is -2.90. The summed E-state index contributed by atoms with van der Waals surface area (Å²) in [6, 6.07) is 6.69. The van der Waals surface area contributed by atoms with Gasteiger partial charge in [-0.2, -0.15) is 13.7 Å². The summed E-state index contributed by atoms with van der Waals surface area (Å²) in [5.41, 5.74) is 5.42. The number of carbonyl (C=O) groups excluding carboxylic acids is 2. The molecule has 1 aliphatic heterocycles. The molecule has 0 bridgehead atoms. The Morgan fingerprint density at radius 3 is 2.31 bits per heavy atom. The molecule has 1 fully saturated rings. The molecule has 1 aliphatic rings. The van der Waals surface area contributed by atoms with Crippen LogP contribution in [-0.4, -0.2) is 42.8 Å². The number of nitrogens with two attached hydrogens (primary N) is 1. The van der Waals surface area contributed by atoms with E-state index in [4.69, 9.17) is 10.3 Å². The Morgan fingerprint density at radius 1 is 1.27 bits per heavy atom. The number of nitrogens with one attached hydrogen (secondary N) is 1. The van der Waals surface area contributed by atoms with E-state index in [0.717, 1.165) is 12.1 Å². The SMILES string of the molecule is N#C/C(=C/N1CCC(C(N)=O)CC1)C(=O)Nc1ccc(S(=O)(=O)O)cc1. The highest BCUT2D eigenvalue weighted by Gasteiger charge is 2.22. The minimum Gasteiger partial charge on any atom is -0.376 e. The number of amides is 2. The molecule has 0 aliphatic carbocycles. The molecule has 0 saturated carbocycles. The summed E-state index contributed by atoms with van der Waals surface area (Å²) in [5, 5.41) is 11.7. The Balaban J connectivity index is 2.03. The fourth-order valence-corrected chi connectivity index (χ4v) is 3.02. The van der Waals surface area contributed by atoms with E-state index in [0.29, 0.717) is 25.9 Å². The molecule has 0 unspecified atom stereocenters. The molecule has 0 spiro atoms. The number of nitrogens with zero attached hydrogens (tertiary/aromatic N) is 2. The Morgan fingerprint density at radius 2 is 1.85 bits per heavy atom. The molecule has 1 aromatic rings. The fourth-order valence-electron chi connectivity index (χ4n) is 2.54. The lowest BCUT2D eigenvalue weighted by atomic mass is 9.96. The molecular formula is C16H18N4O5S. The zero-order valence-electron chi connectivity index (χ0n) is 13.8. The van der Waals surface area contributed by atoms with E-state index in [1.807, 2.05) is 6.07 Å². The summed E-state index contributed by atoms with van der Waals surface area (Å²) in [6.45, 7) is 1.02. The minimum atomic E-state index is -4.31. The molecule has 1 saturated heterocycles. The zero-order chi connectivity index (χ0) is 19.3. The van der Waals surface area contributed by atoms with Gasteiger partial charge in [0.25, 0.3) is 16.0 Å². The molecule has 26 heavy (non-hydrogen) atoms. The first-order valence-electron chi connectivity index (χ1n) is 7.75. The highest BCUT2D eigenvalue weighted by Crippen LogP contribution is 2.18. The van der Waals surface area contributed by atoms with Gasteiger partial charge in [-0.25, -0.2) is 0 Å². The highest BCUT2D eigenvalue weighted by atomic mass is 32.2. The standard InChI is InChI=1S/C16H18N4O5S/c17-9-12(10-20-7-5-11(6-8-20)15(18)21)16(22)19-13-1-3-14(4-2-13)26(23,24)25/h1-4,10-11H,5-8H2,(H2,18,21)(H,19,22)(H,23,24,25)/b12-10-. The van der Waals surface area contributed by atoms with Crippen LogP contribution in [0, 0.1) is 17.2 Å². The second kappa shape index (κ2) is 7.99. The lowest BCUT2D eigenvalue weighted by molar-refractivity contribution is -0.123. The predicted molar refractivity (Wildman–Crippen MR) is 92.1 cm³/mol. The highest BCUT2D eigenvalue weighted by molar-refractivity contribution is 7.85. The second-order valence-corrected chi connectivity index (χ2v) is 7.24. The number of nitriles is 1. The van der Waals surface area contributed by atoms with E-state index in [-0.39, 0.29) is 28.0 Å². The normalized spacial score (nSPS) is 16.0. The Kier molecular flexibility index (Phi) is 5.97. The smallest absolute Gasteiger partial charge is 0.294 e. The van der Waals surface area contributed by atoms with Crippen LogP contribution in [0.25, 0.3) is 0 Å². The van der Waals surface area contributed by atoms with Crippen LogP contribution < -0.4 is 11.1 Å². The van der Waals surface area contributed by atoms with Crippen LogP contribution in [0.15, 0.2) is 40.9 Å². The maximum atomic E-state index is 12.2. The molecular weight excluding hydrogens is 360 g/mol. The monoisotopic (exact) mass is 378 g/mol. The third kappa shape index (κ3) is 5.05. The first-order valence-corrected chi connectivity index (χ1v) is 9.19. The lowest BCUT2D eigenvalue weighted by Gasteiger charge is -2.29. The van der Waals surface area contributed by atoms with Crippen LogP contribution in [-0.2, 0) is 19.7 Å². The van der Waals surface area contributed by atoms with Crippen LogP contribution in [0.1, 0.15) is 12.8 Å². The molecule has 1 heterocycles. The van der Waals surface area contributed by atoms with Crippen LogP contribution in [0.2, 0.25) is 0 Å². The Labute approximate surface area is 150 Å². The van der Waals surface area contributed by atoms with Crippen molar-refractivity contribution in [1.29, 1.82) is 5.26 Å².